The Kier molecular flexibility index (Phi) is 70.9. The third-order valence-electron chi connectivity index (χ3n) is 0. The molecule has 0 heterocycles. The van der Waals surface area contributed by atoms with Gasteiger partial charge in [0.25, 0.3) is 0 Å². The number of carbonyl (C=O) groups is 5. The predicted molar refractivity (Wildman–Crippen MR) is 40.1 cm³/mol. The number of rotatable bonds is 0. The summed E-state index contributed by atoms with van der Waals surface area (Å²) in [6, 6.07) is 0. The van der Waals surface area contributed by atoms with Gasteiger partial charge in [-0.2, -0.15) is 0 Å². The first-order valence-corrected chi connectivity index (χ1v) is 3.16. The van der Waals surface area contributed by atoms with Crippen LogP contribution in [0.1, 0.15) is 0 Å². The molecule has 0 aliphatic heterocycles. The molecule has 0 spiro atoms. The molecular weight excluding hydrogens is 414 g/mol. The standard InChI is InChI=1S/5CH2O3.Na.Zr/c5*2-1(3)4;;/h5*(H2,2,3,4);;/q;;;;;+1;+4/p-5. The topological polar surface area (TPSA) is 302 Å². The maximum atomic E-state index is 8.44. The first kappa shape index (κ1) is 42.7. The van der Waals surface area contributed by atoms with Gasteiger partial charge < -0.3 is 75.0 Å². The third-order valence-corrected chi connectivity index (χ3v) is 0. The van der Waals surface area contributed by atoms with Crippen LogP contribution in [0.25, 0.3) is 0 Å². The predicted octanol–water partition coefficient (Wildman–Crippen LogP) is -8.56. The van der Waals surface area contributed by atoms with Crippen LogP contribution in [0.2, 0.25) is 0 Å². The van der Waals surface area contributed by atoms with E-state index >= 15 is 0 Å². The molecule has 0 aromatic rings. The van der Waals surface area contributed by atoms with Gasteiger partial charge in [-0.3, -0.25) is 0 Å². The molecule has 0 radical (unpaired) electrons. The number of carboxylic acid groups (broad SMARTS) is 10. The minimum absolute atomic E-state index is 0. The molecular formula is C5H5NaO15Zr. The van der Waals surface area contributed by atoms with Gasteiger partial charge in [-0.05, 0) is 0 Å². The Labute approximate surface area is 161 Å². The van der Waals surface area contributed by atoms with E-state index in [0.717, 1.165) is 0 Å². The molecule has 0 amide bonds. The van der Waals surface area contributed by atoms with Crippen molar-refractivity contribution in [3.05, 3.63) is 0 Å². The normalized spacial score (nSPS) is 5.45. The van der Waals surface area contributed by atoms with Crippen LogP contribution in [0.5, 0.6) is 0 Å². The Morgan fingerprint density at radius 3 is 0.455 bits per heavy atom. The Morgan fingerprint density at radius 2 is 0.455 bits per heavy atom. The smallest absolute Gasteiger partial charge is 0.565 e. The molecule has 0 saturated heterocycles. The van der Waals surface area contributed by atoms with Crippen LogP contribution in [0.15, 0.2) is 0 Å². The van der Waals surface area contributed by atoms with Gasteiger partial charge in [0.2, 0.25) is 30.8 Å². The SMILES string of the molecule is O=C([O-])O.O=C([O-])O.O=C([O-])O.O=C([O-])O.O=C([O-])O.[Na+].[Zr+4]. The van der Waals surface area contributed by atoms with E-state index in [1.165, 1.54) is 0 Å². The van der Waals surface area contributed by atoms with Gasteiger partial charge in [0.15, 0.2) is 0 Å². The molecule has 0 rings (SSSR count). The molecule has 0 atom stereocenters. The van der Waals surface area contributed by atoms with Gasteiger partial charge in [-0.1, -0.05) is 0 Å². The quantitative estimate of drug-likeness (QED) is 0.227. The molecule has 5 N–H and O–H groups in total. The Balaban J connectivity index is -0.0000000250. The van der Waals surface area contributed by atoms with Crippen LogP contribution in [0, 0.1) is 0 Å². The van der Waals surface area contributed by atoms with Crippen molar-refractivity contribution in [1.29, 1.82) is 0 Å². The van der Waals surface area contributed by atoms with E-state index in [-0.39, 0.29) is 55.8 Å². The van der Waals surface area contributed by atoms with Crippen molar-refractivity contribution in [3.63, 3.8) is 0 Å². The van der Waals surface area contributed by atoms with Crippen molar-refractivity contribution < 1.29 is 131 Å². The second kappa shape index (κ2) is 36.5. The summed E-state index contributed by atoms with van der Waals surface area (Å²) in [5.41, 5.74) is 0. The average molecular weight is 419 g/mol. The summed E-state index contributed by atoms with van der Waals surface area (Å²) >= 11 is 0. The zero-order valence-electron chi connectivity index (χ0n) is 10.3. The van der Waals surface area contributed by atoms with Gasteiger partial charge in [0.1, 0.15) is 0 Å². The van der Waals surface area contributed by atoms with E-state index in [1.807, 2.05) is 0 Å². The monoisotopic (exact) mass is 418 g/mol. The van der Waals surface area contributed by atoms with Crippen molar-refractivity contribution in [3.8, 4) is 0 Å². The molecule has 0 unspecified atom stereocenters. The molecule has 120 valence electrons. The second-order valence-electron chi connectivity index (χ2n) is 1.33. The molecule has 15 nitrogen and oxygen atoms in total. The van der Waals surface area contributed by atoms with E-state index in [9.17, 15) is 0 Å². The van der Waals surface area contributed by atoms with E-state index in [2.05, 4.69) is 0 Å². The van der Waals surface area contributed by atoms with E-state index in [4.69, 9.17) is 75.0 Å². The summed E-state index contributed by atoms with van der Waals surface area (Å²) in [4.78, 5) is 42.2. The van der Waals surface area contributed by atoms with Crippen molar-refractivity contribution >= 4 is 30.8 Å². The molecule has 17 heteroatoms. The molecule has 22 heavy (non-hydrogen) atoms. The van der Waals surface area contributed by atoms with E-state index < -0.39 is 30.8 Å². The van der Waals surface area contributed by atoms with Crippen LogP contribution >= 0.6 is 0 Å². The molecule has 0 aliphatic rings. The first-order chi connectivity index (χ1) is 8.66. The maximum Gasteiger partial charge on any atom is 4.00 e. The van der Waals surface area contributed by atoms with Gasteiger partial charge in [0, 0.05) is 0 Å². The fraction of sp³-hybridized carbons (Fsp3) is 0. The van der Waals surface area contributed by atoms with Crippen LogP contribution < -0.4 is 55.1 Å². The van der Waals surface area contributed by atoms with E-state index in [1.54, 1.807) is 0 Å². The van der Waals surface area contributed by atoms with Crippen LogP contribution in [0.4, 0.5) is 24.0 Å². The molecule has 0 aromatic heterocycles. The number of hydrogen-bond acceptors (Lipinski definition) is 10. The molecule has 0 bridgehead atoms. The van der Waals surface area contributed by atoms with Crippen LogP contribution in [-0.2, 0) is 26.2 Å². The largest absolute Gasteiger partial charge is 4.00 e. The van der Waals surface area contributed by atoms with Gasteiger partial charge in [-0.25, -0.2) is 0 Å². The zero-order chi connectivity index (χ0) is 17.9. The summed E-state index contributed by atoms with van der Waals surface area (Å²) in [6.07, 6.45) is -10.4. The summed E-state index contributed by atoms with van der Waals surface area (Å²) in [5, 5.41) is 76.5. The average Bonchev–Trinajstić information content (AvgIpc) is 1.94. The molecule has 0 aliphatic carbocycles. The zero-order valence-corrected chi connectivity index (χ0v) is 14.8. The van der Waals surface area contributed by atoms with E-state index in [0.29, 0.717) is 0 Å². The van der Waals surface area contributed by atoms with Crippen molar-refractivity contribution in [2.24, 2.45) is 0 Å². The first-order valence-electron chi connectivity index (χ1n) is 3.16. The summed E-state index contributed by atoms with van der Waals surface area (Å²) in [6.45, 7) is 0. The minimum Gasteiger partial charge on any atom is -0.565 e. The Morgan fingerprint density at radius 1 is 0.455 bits per heavy atom. The van der Waals surface area contributed by atoms with Crippen molar-refractivity contribution in [1.82, 2.24) is 0 Å². The summed E-state index contributed by atoms with van der Waals surface area (Å²) in [5.74, 6) is 0. The van der Waals surface area contributed by atoms with Gasteiger partial charge in [0.05, 0.1) is 0 Å². The molecule has 0 saturated carbocycles. The summed E-state index contributed by atoms with van der Waals surface area (Å²) < 4.78 is 0. The Hall–Kier alpha value is -1.77. The minimum atomic E-state index is -2.08. The second-order valence-corrected chi connectivity index (χ2v) is 1.33. The van der Waals surface area contributed by atoms with Crippen LogP contribution in [0.3, 0.4) is 0 Å². The fourth-order valence-corrected chi connectivity index (χ4v) is 0. The van der Waals surface area contributed by atoms with Gasteiger partial charge >= 0.3 is 55.8 Å². The van der Waals surface area contributed by atoms with Crippen molar-refractivity contribution in [2.75, 3.05) is 0 Å². The number of hydrogen-bond donors (Lipinski definition) is 5. The van der Waals surface area contributed by atoms with Crippen molar-refractivity contribution in [2.45, 2.75) is 0 Å². The molecule has 0 aromatic carbocycles. The summed E-state index contributed by atoms with van der Waals surface area (Å²) in [7, 11) is 0. The van der Waals surface area contributed by atoms with Gasteiger partial charge in [-0.15, -0.1) is 0 Å². The maximum absolute atomic E-state index is 8.44. The third kappa shape index (κ3) is 1730. The molecule has 0 fully saturated rings. The Bertz CT molecular complexity index is 213. The fourth-order valence-electron chi connectivity index (χ4n) is 0. The van der Waals surface area contributed by atoms with Crippen LogP contribution in [-0.4, -0.2) is 56.3 Å².